The minimum absolute atomic E-state index is 0.103. The van der Waals surface area contributed by atoms with Crippen LogP contribution in [0.25, 0.3) is 0 Å². The number of fused-ring (bicyclic) bond motifs is 16. The lowest BCUT2D eigenvalue weighted by atomic mass is 9.61. The Hall–Kier alpha value is 1.64. The fourth-order valence-electron chi connectivity index (χ4n) is 9.53. The van der Waals surface area contributed by atoms with E-state index in [0.717, 1.165) is 6.42 Å². The van der Waals surface area contributed by atoms with Crippen LogP contribution < -0.4 is 0 Å². The fraction of sp³-hybridized carbons (Fsp3) is 0.840. The van der Waals surface area contributed by atoms with Crippen LogP contribution in [-0.4, -0.2) is 57.5 Å². The van der Waals surface area contributed by atoms with E-state index in [1.807, 2.05) is 27.7 Å². The minimum atomic E-state index is -1.47. The molecule has 4 saturated carbocycles. The first kappa shape index (κ1) is 28.7. The van der Waals surface area contributed by atoms with Crippen LogP contribution in [-0.2, 0) is 18.9 Å². The maximum atomic E-state index is 7.62. The zero-order chi connectivity index (χ0) is 27.1. The van der Waals surface area contributed by atoms with E-state index in [4.69, 9.17) is 112 Å². The molecule has 12 heteroatoms. The van der Waals surface area contributed by atoms with E-state index in [2.05, 4.69) is 0 Å². The number of hydrogen-bond donors (Lipinski definition) is 0. The lowest BCUT2D eigenvalue weighted by molar-refractivity contribution is -0.252. The van der Waals surface area contributed by atoms with Crippen molar-refractivity contribution in [1.82, 2.24) is 0 Å². The highest BCUT2D eigenvalue weighted by molar-refractivity contribution is 6.53. The van der Waals surface area contributed by atoms with E-state index < -0.39 is 31.1 Å². The Balaban J connectivity index is 1.59. The average Bonchev–Trinajstić information content (AvgIpc) is 3.57. The van der Waals surface area contributed by atoms with Gasteiger partial charge in [-0.15, -0.1) is 46.4 Å². The minimum Gasteiger partial charge on any atom is -0.346 e. The maximum Gasteiger partial charge on any atom is 0.218 e. The van der Waals surface area contributed by atoms with Gasteiger partial charge in [-0.3, -0.25) is 0 Å². The Labute approximate surface area is 257 Å². The van der Waals surface area contributed by atoms with Gasteiger partial charge in [0.1, 0.15) is 19.5 Å². The quantitative estimate of drug-likeness (QED) is 0.149. The van der Waals surface area contributed by atoms with Crippen molar-refractivity contribution in [2.24, 2.45) is 35.5 Å². The monoisotopic (exact) mass is 672 g/mol. The van der Waals surface area contributed by atoms with Gasteiger partial charge in [0, 0.05) is 26.4 Å². The lowest BCUT2D eigenvalue weighted by Crippen LogP contribution is -2.61. The molecule has 0 aliphatic heterocycles. The molecule has 6 aliphatic rings. The second kappa shape index (κ2) is 8.60. The first-order valence-electron chi connectivity index (χ1n) is 12.8. The smallest absolute Gasteiger partial charge is 0.218 e. The Bertz CT molecular complexity index is 950. The zero-order valence-corrected chi connectivity index (χ0v) is 26.7. The molecule has 0 aromatic heterocycles. The van der Waals surface area contributed by atoms with Crippen molar-refractivity contribution in [3.63, 3.8) is 0 Å². The molecule has 6 rings (SSSR count). The van der Waals surface area contributed by atoms with E-state index in [9.17, 15) is 0 Å². The summed E-state index contributed by atoms with van der Waals surface area (Å²) in [4.78, 5) is -5.32. The Morgan fingerprint density at radius 3 is 0.919 bits per heavy atom. The van der Waals surface area contributed by atoms with Crippen LogP contribution in [0.2, 0.25) is 0 Å². The van der Waals surface area contributed by atoms with Gasteiger partial charge in [-0.25, -0.2) is 0 Å². The van der Waals surface area contributed by atoms with Crippen LogP contribution in [0.15, 0.2) is 20.1 Å². The Morgan fingerprint density at radius 2 is 0.730 bits per heavy atom. The number of hydrogen-bond acceptors (Lipinski definition) is 4. The van der Waals surface area contributed by atoms with E-state index >= 15 is 0 Å². The molecule has 0 aromatic carbocycles. The molecule has 2 unspecified atom stereocenters. The van der Waals surface area contributed by atoms with Crippen molar-refractivity contribution >= 4 is 92.8 Å². The number of ether oxygens (including phenoxy) is 4. The molecule has 0 N–H and O–H groups in total. The van der Waals surface area contributed by atoms with Gasteiger partial charge in [0.25, 0.3) is 0 Å². The summed E-state index contributed by atoms with van der Waals surface area (Å²) in [5, 5.41) is 1.02. The number of halogens is 8. The fourth-order valence-corrected chi connectivity index (χ4v) is 14.0. The van der Waals surface area contributed by atoms with Crippen LogP contribution in [0, 0.1) is 35.5 Å². The largest absolute Gasteiger partial charge is 0.346 e. The molecule has 0 aromatic rings. The summed E-state index contributed by atoms with van der Waals surface area (Å²) in [5.41, 5.74) is 0. The Morgan fingerprint density at radius 1 is 0.514 bits per heavy atom. The molecular formula is C25H28Cl8O4. The third-order valence-corrected chi connectivity index (χ3v) is 15.3. The second-order valence-electron chi connectivity index (χ2n) is 10.7. The summed E-state index contributed by atoms with van der Waals surface area (Å²) < 4.78 is 25.4. The molecule has 0 spiro atoms. The van der Waals surface area contributed by atoms with Crippen LogP contribution in [0.3, 0.4) is 0 Å². The highest BCUT2D eigenvalue weighted by atomic mass is 35.5. The first-order valence-corrected chi connectivity index (χ1v) is 15.8. The molecule has 4 fully saturated rings. The van der Waals surface area contributed by atoms with Crippen molar-refractivity contribution in [3.8, 4) is 0 Å². The summed E-state index contributed by atoms with van der Waals surface area (Å²) in [6, 6.07) is 0. The topological polar surface area (TPSA) is 36.9 Å². The van der Waals surface area contributed by atoms with Crippen LogP contribution in [0.4, 0.5) is 0 Å². The molecule has 208 valence electrons. The Kier molecular flexibility index (Phi) is 6.68. The van der Waals surface area contributed by atoms with E-state index in [1.165, 1.54) is 0 Å². The molecule has 6 bridgehead atoms. The van der Waals surface area contributed by atoms with Crippen molar-refractivity contribution in [1.29, 1.82) is 0 Å². The predicted molar refractivity (Wildman–Crippen MR) is 149 cm³/mol. The third kappa shape index (κ3) is 2.52. The summed E-state index contributed by atoms with van der Waals surface area (Å²) in [6.07, 6.45) is 0.752. The molecule has 0 saturated heterocycles. The molecule has 0 radical (unpaired) electrons. The summed E-state index contributed by atoms with van der Waals surface area (Å²) >= 11 is 58.3. The van der Waals surface area contributed by atoms with Gasteiger partial charge in [0.15, 0.2) is 0 Å². The van der Waals surface area contributed by atoms with Gasteiger partial charge in [-0.2, -0.15) is 0 Å². The predicted octanol–water partition coefficient (Wildman–Crippen LogP) is 7.98. The van der Waals surface area contributed by atoms with Gasteiger partial charge in [0.2, 0.25) is 11.6 Å². The third-order valence-electron chi connectivity index (χ3n) is 9.97. The standard InChI is InChI=1S/C25H28Cl8O4/c1-5-34-24(35-6-2)20(30)12-10-9-11(13(12)21(24,31)17(27)16(20)26)15-14(10)22(32)18(28)19(29)23(15,33)25(22,36-7-3)37-8-4/h10-15H,5-9H2,1-4H3/t10?,11?,12-,13-,14-,15+,20+,21+,22+,23+/m1/s1. The summed E-state index contributed by atoms with van der Waals surface area (Å²) in [7, 11) is 0. The van der Waals surface area contributed by atoms with Crippen LogP contribution >= 0.6 is 92.8 Å². The second-order valence-corrected chi connectivity index (χ2v) is 14.6. The molecule has 37 heavy (non-hydrogen) atoms. The van der Waals surface area contributed by atoms with Crippen molar-refractivity contribution in [2.45, 2.75) is 65.2 Å². The van der Waals surface area contributed by atoms with Crippen LogP contribution in [0.5, 0.6) is 0 Å². The van der Waals surface area contributed by atoms with Gasteiger partial charge < -0.3 is 18.9 Å². The van der Waals surface area contributed by atoms with E-state index in [1.54, 1.807) is 0 Å². The molecular weight excluding hydrogens is 648 g/mol. The molecule has 4 nitrogen and oxygen atoms in total. The maximum absolute atomic E-state index is 7.62. The average molecular weight is 676 g/mol. The van der Waals surface area contributed by atoms with E-state index in [-0.39, 0.29) is 55.6 Å². The molecule has 0 amide bonds. The molecule has 0 heterocycles. The van der Waals surface area contributed by atoms with Gasteiger partial charge in [0.05, 0.1) is 20.1 Å². The first-order chi connectivity index (χ1) is 17.3. The normalized spacial score (nSPS) is 51.6. The summed E-state index contributed by atoms with van der Waals surface area (Å²) in [6.45, 7) is 8.66. The lowest BCUT2D eigenvalue weighted by Gasteiger charge is -2.48. The van der Waals surface area contributed by atoms with Crippen LogP contribution in [0.1, 0.15) is 34.1 Å². The SMILES string of the molecule is CCOC1(OCC)[C@@]2(Cl)C(Cl)=C(Cl)[C@@]1(Cl)[C@@H]1C3CC([C@H]12)[C@@H]1[C@H]3[C@]2(Cl)C(Cl)=C(Cl)[C@]1(Cl)C2(OCC)OCC. The highest BCUT2D eigenvalue weighted by Gasteiger charge is 2.96. The molecule has 10 atom stereocenters. The van der Waals surface area contributed by atoms with Gasteiger partial charge in [-0.1, -0.05) is 46.4 Å². The summed E-state index contributed by atoms with van der Waals surface area (Å²) in [5.74, 6) is -4.24. The number of alkyl halides is 4. The zero-order valence-electron chi connectivity index (χ0n) is 20.7. The number of rotatable bonds is 8. The van der Waals surface area contributed by atoms with Crippen molar-refractivity contribution in [2.75, 3.05) is 26.4 Å². The van der Waals surface area contributed by atoms with Crippen molar-refractivity contribution in [3.05, 3.63) is 20.1 Å². The highest BCUT2D eigenvalue weighted by Crippen LogP contribution is 2.89. The van der Waals surface area contributed by atoms with Crippen molar-refractivity contribution < 1.29 is 18.9 Å². The van der Waals surface area contributed by atoms with E-state index in [0.29, 0.717) is 26.4 Å². The van der Waals surface area contributed by atoms with Gasteiger partial charge in [-0.05, 0) is 69.6 Å². The molecule has 6 aliphatic carbocycles. The van der Waals surface area contributed by atoms with Gasteiger partial charge >= 0.3 is 0 Å².